The zero-order valence-corrected chi connectivity index (χ0v) is 61.1. The van der Waals surface area contributed by atoms with E-state index in [-0.39, 0.29) is 19.1 Å². The molecule has 0 rings (SSSR count). The molecule has 0 heterocycles. The van der Waals surface area contributed by atoms with Gasteiger partial charge in [-0.05, 0) is 70.6 Å². The molecule has 0 aromatic rings. The van der Waals surface area contributed by atoms with Crippen molar-refractivity contribution >= 4 is 13.7 Å². The van der Waals surface area contributed by atoms with Crippen molar-refractivity contribution in [3.8, 4) is 0 Å². The Morgan fingerprint density at radius 1 is 0.382 bits per heavy atom. The molecule has 524 valence electrons. The van der Waals surface area contributed by atoms with Crippen LogP contribution < -0.4 is 5.32 Å². The van der Waals surface area contributed by atoms with E-state index in [4.69, 9.17) is 9.05 Å². The van der Waals surface area contributed by atoms with Gasteiger partial charge in [-0.3, -0.25) is 13.8 Å². The Labute approximate surface area is 555 Å². The number of quaternary nitrogens is 1. The topological polar surface area (TPSA) is 105 Å². The van der Waals surface area contributed by atoms with E-state index in [1.165, 1.54) is 321 Å². The summed E-state index contributed by atoms with van der Waals surface area (Å²) in [4.78, 5) is 23.5. The first-order chi connectivity index (χ1) is 43.5. The summed E-state index contributed by atoms with van der Waals surface area (Å²) >= 11 is 0. The number of likely N-dealkylation sites (N-methyl/N-ethyl adjacent to an activating group) is 1. The number of hydrogen-bond acceptors (Lipinski definition) is 5. The molecule has 9 heteroatoms. The molecule has 0 aromatic heterocycles. The maximum absolute atomic E-state index is 13.1. The number of carbonyl (C=O) groups excluding carboxylic acids is 1. The Morgan fingerprint density at radius 3 is 0.978 bits per heavy atom. The molecule has 8 nitrogen and oxygen atoms in total. The lowest BCUT2D eigenvalue weighted by atomic mass is 10.0. The Kier molecular flexibility index (Phi) is 69.1. The number of aliphatic hydroxyl groups is 1. The number of aliphatic hydroxyl groups excluding tert-OH is 1. The number of carbonyl (C=O) groups is 1. The van der Waals surface area contributed by atoms with E-state index in [2.05, 4.69) is 67.8 Å². The number of amides is 1. The third-order valence-corrected chi connectivity index (χ3v) is 18.9. The van der Waals surface area contributed by atoms with Crippen LogP contribution >= 0.6 is 7.82 Å². The van der Waals surface area contributed by atoms with Crippen LogP contribution in [0, 0.1) is 0 Å². The predicted octanol–water partition coefficient (Wildman–Crippen LogP) is 25.5. The molecule has 0 aliphatic rings. The van der Waals surface area contributed by atoms with Gasteiger partial charge in [0.1, 0.15) is 13.2 Å². The van der Waals surface area contributed by atoms with Crippen molar-refractivity contribution in [3.05, 3.63) is 60.8 Å². The number of phosphoric acid groups is 1. The molecule has 0 aliphatic carbocycles. The number of phosphoric ester groups is 1. The van der Waals surface area contributed by atoms with E-state index in [0.717, 1.165) is 51.4 Å². The van der Waals surface area contributed by atoms with Crippen LogP contribution in [0.25, 0.3) is 0 Å². The summed E-state index contributed by atoms with van der Waals surface area (Å²) in [5.74, 6) is -0.179. The lowest BCUT2D eigenvalue weighted by Crippen LogP contribution is -2.45. The van der Waals surface area contributed by atoms with Gasteiger partial charge in [-0.1, -0.05) is 376 Å². The average Bonchev–Trinajstić information content (AvgIpc) is 3.55. The molecule has 0 radical (unpaired) electrons. The van der Waals surface area contributed by atoms with Gasteiger partial charge in [0, 0.05) is 6.42 Å². The van der Waals surface area contributed by atoms with E-state index in [9.17, 15) is 19.4 Å². The molecule has 89 heavy (non-hydrogen) atoms. The van der Waals surface area contributed by atoms with Crippen molar-refractivity contribution in [2.75, 3.05) is 40.9 Å². The molecule has 3 atom stereocenters. The van der Waals surface area contributed by atoms with Crippen LogP contribution in [0.2, 0.25) is 0 Å². The third-order valence-electron chi connectivity index (χ3n) is 18.0. The molecular weight excluding hydrogens is 1120 g/mol. The standard InChI is InChI=1S/C80H153N2O6P/c1-6-8-10-12-14-16-18-20-22-24-26-28-30-32-34-36-37-38-39-40-41-42-43-44-45-46-48-50-52-54-56-58-60-62-64-66-68-70-72-74-80(84)81-78(77-88-89(85,86)87-76-75-82(3,4)5)79(83)73-71-69-67-65-63-61-59-57-55-53-51-49-47-35-33-31-29-27-25-23-21-19-17-15-13-11-9-7-2/h18,20,24,26,30,32,63,65,71,73,78-79,83H,6-17,19,21-23,25,27-29,31,33-62,64,66-70,72,74-77H2,1-5H3,(H-,81,84,85,86)/p+1/b20-18-,26-24-,32-30-,65-63+,73-71+. The summed E-state index contributed by atoms with van der Waals surface area (Å²) < 4.78 is 23.8. The number of nitrogens with one attached hydrogen (secondary N) is 1. The second-order valence-electron chi connectivity index (χ2n) is 28.1. The molecule has 0 spiro atoms. The van der Waals surface area contributed by atoms with Crippen molar-refractivity contribution in [3.63, 3.8) is 0 Å². The highest BCUT2D eigenvalue weighted by Gasteiger charge is 2.28. The predicted molar refractivity (Wildman–Crippen MR) is 392 cm³/mol. The van der Waals surface area contributed by atoms with E-state index in [1.807, 2.05) is 27.2 Å². The number of allylic oxidation sites excluding steroid dienone is 9. The lowest BCUT2D eigenvalue weighted by molar-refractivity contribution is -0.870. The summed E-state index contributed by atoms with van der Waals surface area (Å²) in [6, 6.07) is -0.865. The molecule has 3 unspecified atom stereocenters. The minimum absolute atomic E-state index is 0.0572. The minimum atomic E-state index is -4.36. The first-order valence-corrected chi connectivity index (χ1v) is 40.7. The first kappa shape index (κ1) is 87.2. The number of nitrogens with zero attached hydrogens (tertiary/aromatic N) is 1. The van der Waals surface area contributed by atoms with E-state index in [1.54, 1.807) is 6.08 Å². The van der Waals surface area contributed by atoms with Crippen LogP contribution in [0.15, 0.2) is 60.8 Å². The van der Waals surface area contributed by atoms with Gasteiger partial charge in [0.15, 0.2) is 0 Å². The molecular formula is C80H154N2O6P+. The van der Waals surface area contributed by atoms with Crippen LogP contribution in [-0.2, 0) is 18.4 Å². The van der Waals surface area contributed by atoms with Gasteiger partial charge in [0.25, 0.3) is 0 Å². The fourth-order valence-corrected chi connectivity index (χ4v) is 12.6. The van der Waals surface area contributed by atoms with E-state index in [0.29, 0.717) is 17.4 Å². The third kappa shape index (κ3) is 73.5. The Balaban J connectivity index is 3.98. The molecule has 0 aliphatic heterocycles. The number of rotatable bonds is 73. The number of hydrogen-bond donors (Lipinski definition) is 3. The summed E-state index contributed by atoms with van der Waals surface area (Å²) in [6.45, 7) is 4.84. The largest absolute Gasteiger partial charge is 0.472 e. The average molecular weight is 1270 g/mol. The van der Waals surface area contributed by atoms with Crippen molar-refractivity contribution in [1.29, 1.82) is 0 Å². The van der Waals surface area contributed by atoms with Crippen LogP contribution in [0.4, 0.5) is 0 Å². The minimum Gasteiger partial charge on any atom is -0.387 e. The van der Waals surface area contributed by atoms with E-state index >= 15 is 0 Å². The number of unbranched alkanes of at least 4 members (excludes halogenated alkanes) is 52. The summed E-state index contributed by atoms with van der Waals surface area (Å²) in [6.07, 6.45) is 98.4. The van der Waals surface area contributed by atoms with Gasteiger partial charge in [0.2, 0.25) is 5.91 Å². The summed E-state index contributed by atoms with van der Waals surface area (Å²) in [5.41, 5.74) is 0. The highest BCUT2D eigenvalue weighted by Crippen LogP contribution is 2.43. The lowest BCUT2D eigenvalue weighted by Gasteiger charge is -2.25. The van der Waals surface area contributed by atoms with Crippen molar-refractivity contribution < 1.29 is 32.9 Å². The Hall–Kier alpha value is -1.80. The zero-order valence-electron chi connectivity index (χ0n) is 60.2. The second kappa shape index (κ2) is 70.5. The Bertz CT molecular complexity index is 1640. The molecule has 0 saturated heterocycles. The normalized spacial score (nSPS) is 13.8. The maximum Gasteiger partial charge on any atom is 0.472 e. The Morgan fingerprint density at radius 2 is 0.652 bits per heavy atom. The van der Waals surface area contributed by atoms with E-state index < -0.39 is 20.0 Å². The van der Waals surface area contributed by atoms with Crippen molar-refractivity contribution in [2.45, 2.75) is 405 Å². The van der Waals surface area contributed by atoms with Gasteiger partial charge >= 0.3 is 7.82 Å². The quantitative estimate of drug-likeness (QED) is 0.0243. The molecule has 0 bridgehead atoms. The van der Waals surface area contributed by atoms with Crippen molar-refractivity contribution in [2.24, 2.45) is 0 Å². The van der Waals surface area contributed by atoms with Crippen LogP contribution in [0.1, 0.15) is 393 Å². The molecule has 0 fully saturated rings. The fraction of sp³-hybridized carbons (Fsp3) is 0.863. The van der Waals surface area contributed by atoms with Crippen LogP contribution in [0.5, 0.6) is 0 Å². The molecule has 0 saturated carbocycles. The second-order valence-corrected chi connectivity index (χ2v) is 29.5. The van der Waals surface area contributed by atoms with Gasteiger partial charge in [-0.25, -0.2) is 4.57 Å². The highest BCUT2D eigenvalue weighted by atomic mass is 31.2. The fourth-order valence-electron chi connectivity index (χ4n) is 11.9. The molecule has 0 aromatic carbocycles. The monoisotopic (exact) mass is 1270 g/mol. The summed E-state index contributed by atoms with van der Waals surface area (Å²) in [7, 11) is 1.57. The molecule has 1 amide bonds. The van der Waals surface area contributed by atoms with Crippen LogP contribution in [-0.4, -0.2) is 73.4 Å². The molecule has 3 N–H and O–H groups in total. The van der Waals surface area contributed by atoms with Gasteiger partial charge in [0.05, 0.1) is 39.9 Å². The maximum atomic E-state index is 13.1. The first-order valence-electron chi connectivity index (χ1n) is 39.2. The smallest absolute Gasteiger partial charge is 0.387 e. The SMILES string of the molecule is CCCCCCC/C=C\C/C=C\C/C=C\CCCCCCCCCCCCCCCCCCCCCCCCCCC(=O)NC(COP(=O)(O)OCC[N+](C)(C)C)C(O)/C=C/CC/C=C/CCCCCCCCCCCCCCCCCCCCCCCC. The highest BCUT2D eigenvalue weighted by molar-refractivity contribution is 7.47. The van der Waals surface area contributed by atoms with Crippen LogP contribution in [0.3, 0.4) is 0 Å². The van der Waals surface area contributed by atoms with Crippen molar-refractivity contribution in [1.82, 2.24) is 5.32 Å². The zero-order chi connectivity index (χ0) is 64.8. The van der Waals surface area contributed by atoms with Gasteiger partial charge < -0.3 is 19.8 Å². The van der Waals surface area contributed by atoms with Gasteiger partial charge in [-0.15, -0.1) is 0 Å². The van der Waals surface area contributed by atoms with Gasteiger partial charge in [-0.2, -0.15) is 0 Å². The summed E-state index contributed by atoms with van der Waals surface area (Å²) in [5, 5.41) is 14.0.